The molecule has 2 heterocycles. The number of thiophene rings is 1. The van der Waals surface area contributed by atoms with Gasteiger partial charge in [0.1, 0.15) is 0 Å². The van der Waals surface area contributed by atoms with Crippen LogP contribution in [0.1, 0.15) is 5.56 Å². The van der Waals surface area contributed by atoms with Crippen LogP contribution in [0.15, 0.2) is 46.2 Å². The maximum absolute atomic E-state index is 6.07. The highest BCUT2D eigenvalue weighted by Crippen LogP contribution is 2.28. The second-order valence-electron chi connectivity index (χ2n) is 4.02. The van der Waals surface area contributed by atoms with Gasteiger partial charge >= 0.3 is 0 Å². The van der Waals surface area contributed by atoms with E-state index in [2.05, 4.69) is 15.5 Å². The average Bonchev–Trinajstić information content (AvgIpc) is 3.12. The maximum Gasteiger partial charge on any atom is 0.203 e. The summed E-state index contributed by atoms with van der Waals surface area (Å²) in [5, 5.41) is 10.00. The van der Waals surface area contributed by atoms with E-state index >= 15 is 0 Å². The Balaban J connectivity index is 1.72. The highest BCUT2D eigenvalue weighted by molar-refractivity contribution is 7.15. The first-order valence-electron chi connectivity index (χ1n) is 5.96. The first-order valence-corrected chi connectivity index (χ1v) is 8.48. The smallest absolute Gasteiger partial charge is 0.203 e. The van der Waals surface area contributed by atoms with Crippen LogP contribution in [0.4, 0.5) is 5.13 Å². The van der Waals surface area contributed by atoms with Gasteiger partial charge in [0, 0.05) is 10.9 Å². The van der Waals surface area contributed by atoms with E-state index in [0.29, 0.717) is 15.6 Å². The molecule has 21 heavy (non-hydrogen) atoms. The summed E-state index contributed by atoms with van der Waals surface area (Å²) < 4.78 is 0. The van der Waals surface area contributed by atoms with E-state index in [1.165, 1.54) is 11.3 Å². The van der Waals surface area contributed by atoms with Crippen molar-refractivity contribution in [1.29, 1.82) is 0 Å². The van der Waals surface area contributed by atoms with Crippen molar-refractivity contribution in [2.75, 3.05) is 5.43 Å². The van der Waals surface area contributed by atoms with E-state index in [9.17, 15) is 0 Å². The lowest BCUT2D eigenvalue weighted by molar-refractivity contribution is 1.29. The molecule has 0 bridgehead atoms. The van der Waals surface area contributed by atoms with Crippen LogP contribution in [-0.2, 0) is 0 Å². The maximum atomic E-state index is 6.07. The molecule has 0 aliphatic carbocycles. The zero-order valence-corrected chi connectivity index (χ0v) is 13.7. The number of rotatable bonds is 4. The molecule has 0 saturated heterocycles. The van der Waals surface area contributed by atoms with Crippen molar-refractivity contribution in [3.05, 3.63) is 56.7 Å². The van der Waals surface area contributed by atoms with E-state index in [0.717, 1.165) is 15.7 Å². The highest BCUT2D eigenvalue weighted by atomic mass is 35.5. The van der Waals surface area contributed by atoms with Gasteiger partial charge in [-0.2, -0.15) is 5.10 Å². The summed E-state index contributed by atoms with van der Waals surface area (Å²) in [6.07, 6.45) is 1.59. The van der Waals surface area contributed by atoms with Crippen LogP contribution in [0.2, 0.25) is 10.0 Å². The Hall–Kier alpha value is -1.40. The largest absolute Gasteiger partial charge is 0.253 e. The minimum atomic E-state index is 0.562. The molecule has 2 aromatic heterocycles. The van der Waals surface area contributed by atoms with Crippen LogP contribution >= 0.6 is 45.9 Å². The zero-order chi connectivity index (χ0) is 14.7. The Morgan fingerprint density at radius 1 is 1.10 bits per heavy atom. The fraction of sp³-hybridized carbons (Fsp3) is 0. The second-order valence-corrected chi connectivity index (χ2v) is 6.64. The quantitative estimate of drug-likeness (QED) is 0.487. The summed E-state index contributed by atoms with van der Waals surface area (Å²) >= 11 is 15.3. The molecule has 0 spiro atoms. The van der Waals surface area contributed by atoms with Gasteiger partial charge in [0.2, 0.25) is 5.13 Å². The van der Waals surface area contributed by atoms with Crippen LogP contribution in [0, 0.1) is 0 Å². The normalized spacial score (nSPS) is 11.1. The van der Waals surface area contributed by atoms with Crippen molar-refractivity contribution in [2.45, 2.75) is 0 Å². The van der Waals surface area contributed by atoms with E-state index in [1.54, 1.807) is 35.8 Å². The van der Waals surface area contributed by atoms with Gasteiger partial charge in [0.25, 0.3) is 0 Å². The molecule has 0 amide bonds. The summed E-state index contributed by atoms with van der Waals surface area (Å²) in [6.45, 7) is 0. The topological polar surface area (TPSA) is 37.3 Å². The Morgan fingerprint density at radius 2 is 1.90 bits per heavy atom. The molecule has 0 aliphatic rings. The fourth-order valence-electron chi connectivity index (χ4n) is 1.65. The molecule has 1 N–H and O–H groups in total. The number of benzene rings is 1. The third-order valence-electron chi connectivity index (χ3n) is 2.63. The molecule has 0 saturated carbocycles. The Kier molecular flexibility index (Phi) is 4.55. The van der Waals surface area contributed by atoms with Gasteiger partial charge in [-0.15, -0.1) is 22.7 Å². The molecule has 0 aliphatic heterocycles. The summed E-state index contributed by atoms with van der Waals surface area (Å²) in [7, 11) is 0. The number of nitrogens with one attached hydrogen (secondary N) is 1. The lowest BCUT2D eigenvalue weighted by Gasteiger charge is -2.00. The minimum Gasteiger partial charge on any atom is -0.253 e. The van der Waals surface area contributed by atoms with Crippen molar-refractivity contribution < 1.29 is 0 Å². The Bertz CT molecular complexity index is 746. The number of halogens is 2. The fourth-order valence-corrected chi connectivity index (χ4v) is 3.56. The standard InChI is InChI=1S/C14H9Cl2N3S2/c15-10-3-1-4-11(16)9(10)7-17-19-14-18-12(8-21-14)13-5-2-6-20-13/h1-8H,(H,18,19)/b17-7-. The number of aromatic nitrogens is 1. The van der Waals surface area contributed by atoms with Crippen LogP contribution in [-0.4, -0.2) is 11.2 Å². The van der Waals surface area contributed by atoms with E-state index in [1.807, 2.05) is 22.9 Å². The summed E-state index contributed by atoms with van der Waals surface area (Å²) in [5.74, 6) is 0. The Morgan fingerprint density at radius 3 is 2.62 bits per heavy atom. The zero-order valence-electron chi connectivity index (χ0n) is 10.6. The van der Waals surface area contributed by atoms with Gasteiger partial charge in [0.05, 0.1) is 26.8 Å². The van der Waals surface area contributed by atoms with Crippen LogP contribution in [0.5, 0.6) is 0 Å². The molecule has 3 nitrogen and oxygen atoms in total. The van der Waals surface area contributed by atoms with Gasteiger partial charge in [-0.1, -0.05) is 35.3 Å². The Labute approximate surface area is 139 Å². The highest BCUT2D eigenvalue weighted by Gasteiger charge is 2.05. The molecule has 3 rings (SSSR count). The predicted octanol–water partition coefficient (Wildman–Crippen LogP) is 5.62. The minimum absolute atomic E-state index is 0.562. The lowest BCUT2D eigenvalue weighted by Crippen LogP contribution is -1.91. The third kappa shape index (κ3) is 3.44. The van der Waals surface area contributed by atoms with E-state index in [-0.39, 0.29) is 0 Å². The van der Waals surface area contributed by atoms with Crippen molar-refractivity contribution in [3.63, 3.8) is 0 Å². The van der Waals surface area contributed by atoms with Gasteiger partial charge in [-0.05, 0) is 23.6 Å². The van der Waals surface area contributed by atoms with E-state index in [4.69, 9.17) is 23.2 Å². The van der Waals surface area contributed by atoms with Crippen LogP contribution in [0.3, 0.4) is 0 Å². The van der Waals surface area contributed by atoms with Gasteiger partial charge in [0.15, 0.2) is 0 Å². The number of thiazole rings is 1. The monoisotopic (exact) mass is 353 g/mol. The number of hydrogen-bond donors (Lipinski definition) is 1. The molecule has 7 heteroatoms. The molecule has 0 radical (unpaired) electrons. The number of hydrazone groups is 1. The van der Waals surface area contributed by atoms with Crippen molar-refractivity contribution >= 4 is 57.2 Å². The average molecular weight is 354 g/mol. The number of anilines is 1. The number of nitrogens with zero attached hydrogens (tertiary/aromatic N) is 2. The van der Waals surface area contributed by atoms with Crippen LogP contribution < -0.4 is 5.43 Å². The van der Waals surface area contributed by atoms with Crippen molar-refractivity contribution in [3.8, 4) is 10.6 Å². The molecular formula is C14H9Cl2N3S2. The molecule has 106 valence electrons. The van der Waals surface area contributed by atoms with Crippen LogP contribution in [0.25, 0.3) is 10.6 Å². The van der Waals surface area contributed by atoms with Crippen molar-refractivity contribution in [1.82, 2.24) is 4.98 Å². The van der Waals surface area contributed by atoms with Gasteiger partial charge in [-0.25, -0.2) is 4.98 Å². The van der Waals surface area contributed by atoms with E-state index < -0.39 is 0 Å². The molecule has 1 aromatic carbocycles. The predicted molar refractivity (Wildman–Crippen MR) is 93.1 cm³/mol. The van der Waals surface area contributed by atoms with Gasteiger partial charge in [-0.3, -0.25) is 5.43 Å². The number of hydrogen-bond acceptors (Lipinski definition) is 5. The first-order chi connectivity index (χ1) is 10.2. The lowest BCUT2D eigenvalue weighted by atomic mass is 10.2. The van der Waals surface area contributed by atoms with Crippen molar-refractivity contribution in [2.24, 2.45) is 5.10 Å². The molecular weight excluding hydrogens is 345 g/mol. The molecule has 0 atom stereocenters. The third-order valence-corrected chi connectivity index (χ3v) is 4.93. The van der Waals surface area contributed by atoms with Gasteiger partial charge < -0.3 is 0 Å². The summed E-state index contributed by atoms with van der Waals surface area (Å²) in [4.78, 5) is 5.60. The molecule has 0 fully saturated rings. The second kappa shape index (κ2) is 6.58. The first kappa shape index (κ1) is 14.5. The molecule has 3 aromatic rings. The SMILES string of the molecule is Clc1cccc(Cl)c1/C=N\Nc1nc(-c2cccs2)cs1. The summed E-state index contributed by atoms with van der Waals surface area (Å²) in [6, 6.07) is 9.38. The molecule has 0 unspecified atom stereocenters. The summed E-state index contributed by atoms with van der Waals surface area (Å²) in [5.41, 5.74) is 4.53.